The Balaban J connectivity index is 0.00000288. The summed E-state index contributed by atoms with van der Waals surface area (Å²) in [6.07, 6.45) is 4.71. The van der Waals surface area contributed by atoms with Gasteiger partial charge in [0.1, 0.15) is 0 Å². The van der Waals surface area contributed by atoms with Crippen LogP contribution in [0, 0.1) is 6.92 Å². The van der Waals surface area contributed by atoms with Gasteiger partial charge in [-0.25, -0.2) is 13.1 Å². The normalized spacial score (nSPS) is 18.1. The van der Waals surface area contributed by atoms with Gasteiger partial charge in [0, 0.05) is 30.4 Å². The van der Waals surface area contributed by atoms with Gasteiger partial charge in [-0.3, -0.25) is 4.79 Å². The predicted molar refractivity (Wildman–Crippen MR) is 99.0 cm³/mol. The molecule has 1 aromatic rings. The van der Waals surface area contributed by atoms with Crippen LogP contribution in [0.4, 0.5) is 5.69 Å². The summed E-state index contributed by atoms with van der Waals surface area (Å²) in [5, 5.41) is 0. The molecule has 2 rings (SSSR count). The van der Waals surface area contributed by atoms with Gasteiger partial charge < -0.3 is 10.6 Å². The van der Waals surface area contributed by atoms with E-state index in [1.54, 1.807) is 12.1 Å². The van der Waals surface area contributed by atoms with Crippen LogP contribution in [0.25, 0.3) is 0 Å². The standard InChI is InChI=1S/C16H25N3O3S.ClH/c1-12-6-7-13(17)11-15(12)16(20)19-10-4-3-5-14(19)8-9-18-23(2,21)22;/h6-7,11,14,18H,3-5,8-10,17H2,1-2H3;1H. The van der Waals surface area contributed by atoms with Gasteiger partial charge in [0.2, 0.25) is 10.0 Å². The van der Waals surface area contributed by atoms with Crippen molar-refractivity contribution >= 4 is 34.0 Å². The third-order valence-corrected chi connectivity index (χ3v) is 4.95. The molecule has 24 heavy (non-hydrogen) atoms. The first-order valence-electron chi connectivity index (χ1n) is 7.89. The Morgan fingerprint density at radius 3 is 2.75 bits per heavy atom. The van der Waals surface area contributed by atoms with Crippen molar-refractivity contribution in [3.8, 4) is 0 Å². The number of nitrogens with two attached hydrogens (primary N) is 1. The van der Waals surface area contributed by atoms with E-state index in [1.165, 1.54) is 0 Å². The first-order valence-corrected chi connectivity index (χ1v) is 9.79. The van der Waals surface area contributed by atoms with Crippen LogP contribution < -0.4 is 10.5 Å². The summed E-state index contributed by atoms with van der Waals surface area (Å²) in [6, 6.07) is 5.42. The number of nitrogens with zero attached hydrogens (tertiary/aromatic N) is 1. The molecular formula is C16H26ClN3O3S. The molecule has 1 saturated heterocycles. The van der Waals surface area contributed by atoms with Crippen LogP contribution in [0.2, 0.25) is 0 Å². The van der Waals surface area contributed by atoms with Gasteiger partial charge in [-0.2, -0.15) is 0 Å². The summed E-state index contributed by atoms with van der Waals surface area (Å²) in [5.41, 5.74) is 7.92. The summed E-state index contributed by atoms with van der Waals surface area (Å²) in [7, 11) is -3.20. The van der Waals surface area contributed by atoms with E-state index >= 15 is 0 Å². The number of likely N-dealkylation sites (tertiary alicyclic amines) is 1. The molecule has 1 fully saturated rings. The second kappa shape index (κ2) is 8.69. The van der Waals surface area contributed by atoms with E-state index in [-0.39, 0.29) is 24.4 Å². The first-order chi connectivity index (χ1) is 10.8. The number of nitrogen functional groups attached to an aromatic ring is 1. The number of hydrogen-bond donors (Lipinski definition) is 2. The highest BCUT2D eigenvalue weighted by Gasteiger charge is 2.28. The summed E-state index contributed by atoms with van der Waals surface area (Å²) in [4.78, 5) is 14.7. The molecule has 0 aromatic heterocycles. The maximum absolute atomic E-state index is 12.9. The minimum Gasteiger partial charge on any atom is -0.399 e. The van der Waals surface area contributed by atoms with Crippen LogP contribution in [0.1, 0.15) is 41.6 Å². The zero-order chi connectivity index (χ0) is 17.0. The molecule has 0 saturated carbocycles. The highest BCUT2D eigenvalue weighted by atomic mass is 35.5. The molecule has 1 aliphatic heterocycles. The number of nitrogens with one attached hydrogen (secondary N) is 1. The molecule has 0 spiro atoms. The number of anilines is 1. The Morgan fingerprint density at radius 2 is 2.08 bits per heavy atom. The van der Waals surface area contributed by atoms with Gasteiger partial charge >= 0.3 is 0 Å². The molecule has 136 valence electrons. The molecule has 0 radical (unpaired) electrons. The van der Waals surface area contributed by atoms with Gasteiger partial charge in [-0.15, -0.1) is 12.4 Å². The number of carbonyl (C=O) groups excluding carboxylic acids is 1. The molecule has 1 heterocycles. The molecule has 0 bridgehead atoms. The van der Waals surface area contributed by atoms with E-state index in [2.05, 4.69) is 4.72 Å². The topological polar surface area (TPSA) is 92.5 Å². The second-order valence-corrected chi connectivity index (χ2v) is 8.01. The molecule has 1 atom stereocenters. The van der Waals surface area contributed by atoms with Crippen molar-refractivity contribution in [2.45, 2.75) is 38.6 Å². The highest BCUT2D eigenvalue weighted by molar-refractivity contribution is 7.88. The largest absolute Gasteiger partial charge is 0.399 e. The second-order valence-electron chi connectivity index (χ2n) is 6.18. The molecule has 0 aliphatic carbocycles. The fourth-order valence-electron chi connectivity index (χ4n) is 3.00. The summed E-state index contributed by atoms with van der Waals surface area (Å²) in [6.45, 7) is 2.96. The molecule has 6 nitrogen and oxygen atoms in total. The summed E-state index contributed by atoms with van der Waals surface area (Å²) in [5.74, 6) is -0.0149. The van der Waals surface area contributed by atoms with Crippen LogP contribution in [-0.4, -0.2) is 44.6 Å². The highest BCUT2D eigenvalue weighted by Crippen LogP contribution is 2.24. The fraction of sp³-hybridized carbons (Fsp3) is 0.562. The quantitative estimate of drug-likeness (QED) is 0.769. The zero-order valence-electron chi connectivity index (χ0n) is 14.1. The smallest absolute Gasteiger partial charge is 0.254 e. The number of aryl methyl sites for hydroxylation is 1. The van der Waals surface area contributed by atoms with Crippen molar-refractivity contribution in [2.75, 3.05) is 25.1 Å². The van der Waals surface area contributed by atoms with Crippen LogP contribution in [0.5, 0.6) is 0 Å². The van der Waals surface area contributed by atoms with Crippen molar-refractivity contribution in [3.63, 3.8) is 0 Å². The van der Waals surface area contributed by atoms with Gasteiger partial charge in [-0.1, -0.05) is 6.07 Å². The Bertz CT molecular complexity index is 679. The van der Waals surface area contributed by atoms with Crippen molar-refractivity contribution in [3.05, 3.63) is 29.3 Å². The number of amides is 1. The lowest BCUT2D eigenvalue weighted by molar-refractivity contribution is 0.0603. The first kappa shape index (κ1) is 20.7. The van der Waals surface area contributed by atoms with Crippen molar-refractivity contribution in [1.82, 2.24) is 9.62 Å². The molecule has 1 unspecified atom stereocenters. The number of carbonyl (C=O) groups is 1. The van der Waals surface area contributed by atoms with E-state index < -0.39 is 10.0 Å². The number of hydrogen-bond acceptors (Lipinski definition) is 4. The van der Waals surface area contributed by atoms with Crippen molar-refractivity contribution in [1.29, 1.82) is 0 Å². The molecule has 3 N–H and O–H groups in total. The van der Waals surface area contributed by atoms with E-state index in [9.17, 15) is 13.2 Å². The number of benzene rings is 1. The lowest BCUT2D eigenvalue weighted by Crippen LogP contribution is -2.45. The Hall–Kier alpha value is -1.31. The molecule has 1 aliphatic rings. The van der Waals surface area contributed by atoms with E-state index in [0.29, 0.717) is 30.8 Å². The molecule has 1 amide bonds. The molecule has 1 aromatic carbocycles. The maximum atomic E-state index is 12.9. The Labute approximate surface area is 150 Å². The van der Waals surface area contributed by atoms with Crippen molar-refractivity contribution in [2.24, 2.45) is 0 Å². The van der Waals surface area contributed by atoms with Gasteiger partial charge in [-0.05, 0) is 50.3 Å². The van der Waals surface area contributed by atoms with Gasteiger partial charge in [0.05, 0.1) is 6.26 Å². The average Bonchev–Trinajstić information content (AvgIpc) is 2.48. The number of rotatable bonds is 5. The predicted octanol–water partition coefficient (Wildman–Crippen LogP) is 1.93. The zero-order valence-corrected chi connectivity index (χ0v) is 15.8. The van der Waals surface area contributed by atoms with Crippen LogP contribution in [0.3, 0.4) is 0 Å². The third kappa shape index (κ3) is 5.65. The summed E-state index contributed by atoms with van der Waals surface area (Å²) >= 11 is 0. The number of piperidine rings is 1. The monoisotopic (exact) mass is 375 g/mol. The van der Waals surface area contributed by atoms with Crippen molar-refractivity contribution < 1.29 is 13.2 Å². The average molecular weight is 376 g/mol. The molecular weight excluding hydrogens is 350 g/mol. The van der Waals surface area contributed by atoms with Gasteiger partial charge in [0.25, 0.3) is 5.91 Å². The van der Waals surface area contributed by atoms with Crippen LogP contribution in [0.15, 0.2) is 18.2 Å². The van der Waals surface area contributed by atoms with E-state index in [1.807, 2.05) is 17.9 Å². The minimum absolute atomic E-state index is 0. The Morgan fingerprint density at radius 1 is 1.38 bits per heavy atom. The molecule has 8 heteroatoms. The minimum atomic E-state index is -3.20. The Kier molecular flexibility index (Phi) is 7.51. The van der Waals surface area contributed by atoms with Crippen LogP contribution >= 0.6 is 12.4 Å². The SMILES string of the molecule is Cc1ccc(N)cc1C(=O)N1CCCCC1CCNS(C)(=O)=O.Cl. The maximum Gasteiger partial charge on any atom is 0.254 e. The van der Waals surface area contributed by atoms with Crippen LogP contribution in [-0.2, 0) is 10.0 Å². The lowest BCUT2D eigenvalue weighted by Gasteiger charge is -2.36. The summed E-state index contributed by atoms with van der Waals surface area (Å²) < 4.78 is 24.9. The third-order valence-electron chi connectivity index (χ3n) is 4.22. The lowest BCUT2D eigenvalue weighted by atomic mass is 9.97. The van der Waals surface area contributed by atoms with E-state index in [4.69, 9.17) is 5.73 Å². The number of sulfonamides is 1. The fourth-order valence-corrected chi connectivity index (χ4v) is 3.49. The van der Waals surface area contributed by atoms with Gasteiger partial charge in [0.15, 0.2) is 0 Å². The number of halogens is 1. The van der Waals surface area contributed by atoms with E-state index in [0.717, 1.165) is 31.1 Å².